The van der Waals surface area contributed by atoms with Crippen LogP contribution in [0.3, 0.4) is 0 Å². The van der Waals surface area contributed by atoms with Crippen LogP contribution in [-0.2, 0) is 44.7 Å². The van der Waals surface area contributed by atoms with Gasteiger partial charge in [-0.05, 0) is 23.8 Å². The molecule has 5 N–H and O–H groups in total. The highest BCUT2D eigenvalue weighted by molar-refractivity contribution is 5.96. The largest absolute Gasteiger partial charge is 0.481 e. The number of carbonyl (C=O) groups excluding carboxylic acids is 3. The number of anilines is 1. The van der Waals surface area contributed by atoms with Crippen molar-refractivity contribution in [3.8, 4) is 0 Å². The first-order valence-electron chi connectivity index (χ1n) is 9.00. The molecule has 1 rings (SSSR count). The van der Waals surface area contributed by atoms with Crippen LogP contribution in [0, 0.1) is 0 Å². The van der Waals surface area contributed by atoms with E-state index in [1.165, 1.54) is 13.0 Å². The lowest BCUT2D eigenvalue weighted by Crippen LogP contribution is -2.37. The van der Waals surface area contributed by atoms with E-state index in [2.05, 4.69) is 10.1 Å². The van der Waals surface area contributed by atoms with E-state index < -0.39 is 73.2 Å². The van der Waals surface area contributed by atoms with Crippen LogP contribution in [0.2, 0.25) is 0 Å². The first kappa shape index (κ1) is 26.5. The highest BCUT2D eigenvalue weighted by atomic mass is 16.6. The van der Waals surface area contributed by atoms with Crippen molar-refractivity contribution in [1.29, 1.82) is 0 Å². The fraction of sp³-hybridized carbons (Fsp3) is 0.316. The van der Waals surface area contributed by atoms with E-state index in [4.69, 9.17) is 25.2 Å². The number of benzene rings is 1. The highest BCUT2D eigenvalue weighted by Gasteiger charge is 2.34. The van der Waals surface area contributed by atoms with Crippen LogP contribution in [0.1, 0.15) is 35.7 Å². The zero-order valence-electron chi connectivity index (χ0n) is 17.0. The average Bonchev–Trinajstić information content (AvgIpc) is 2.65. The molecule has 0 spiro atoms. The molecule has 1 aromatic rings. The second-order valence-electron chi connectivity index (χ2n) is 6.48. The summed E-state index contributed by atoms with van der Waals surface area (Å²) in [4.78, 5) is 79.9. The number of esters is 2. The Bertz CT molecular complexity index is 984. The second kappa shape index (κ2) is 11.8. The van der Waals surface area contributed by atoms with Gasteiger partial charge in [-0.1, -0.05) is 0 Å². The second-order valence-corrected chi connectivity index (χ2v) is 6.48. The molecule has 1 aromatic carbocycles. The molecular formula is C19H19NO13. The van der Waals surface area contributed by atoms with Gasteiger partial charge in [-0.15, -0.1) is 0 Å². The summed E-state index contributed by atoms with van der Waals surface area (Å²) < 4.78 is 9.30. The molecule has 0 heterocycles. The summed E-state index contributed by atoms with van der Waals surface area (Å²) in [5, 5.41) is 38.1. The number of amides is 1. The van der Waals surface area contributed by atoms with Gasteiger partial charge in [-0.2, -0.15) is 0 Å². The highest BCUT2D eigenvalue weighted by Crippen LogP contribution is 2.20. The number of carboxylic acid groups (broad SMARTS) is 4. The van der Waals surface area contributed by atoms with E-state index in [9.17, 15) is 33.6 Å². The number of hydrogen-bond donors (Lipinski definition) is 5. The molecule has 1 amide bonds. The molecule has 14 heteroatoms. The van der Waals surface area contributed by atoms with Crippen LogP contribution in [-0.4, -0.2) is 74.4 Å². The van der Waals surface area contributed by atoms with Gasteiger partial charge in [-0.3, -0.25) is 19.2 Å². The lowest BCUT2D eigenvalue weighted by atomic mass is 10.0. The van der Waals surface area contributed by atoms with Gasteiger partial charge in [0.2, 0.25) is 18.1 Å². The Balaban J connectivity index is 3.19. The molecule has 0 aromatic heterocycles. The average molecular weight is 469 g/mol. The quantitative estimate of drug-likeness (QED) is 0.249. The lowest BCUT2D eigenvalue weighted by molar-refractivity contribution is -0.174. The van der Waals surface area contributed by atoms with E-state index in [1.807, 2.05) is 0 Å². The monoisotopic (exact) mass is 469 g/mol. The molecule has 2 atom stereocenters. The topological polar surface area (TPSA) is 231 Å². The van der Waals surface area contributed by atoms with Crippen LogP contribution in [0.15, 0.2) is 18.2 Å². The number of aliphatic carboxylic acids is 4. The first-order valence-corrected chi connectivity index (χ1v) is 9.00. The van der Waals surface area contributed by atoms with Crippen LogP contribution < -0.4 is 5.32 Å². The summed E-state index contributed by atoms with van der Waals surface area (Å²) in [6.07, 6.45) is -7.33. The maximum atomic E-state index is 12.6. The van der Waals surface area contributed by atoms with Crippen molar-refractivity contribution in [2.45, 2.75) is 38.4 Å². The summed E-state index contributed by atoms with van der Waals surface area (Å²) in [6.45, 7) is 1.19. The van der Waals surface area contributed by atoms with Crippen molar-refractivity contribution < 1.29 is 63.5 Å². The first-order chi connectivity index (χ1) is 15.3. The third-order valence-corrected chi connectivity index (χ3v) is 3.75. The zero-order valence-corrected chi connectivity index (χ0v) is 17.0. The van der Waals surface area contributed by atoms with Crippen LogP contribution in [0.4, 0.5) is 5.69 Å². The zero-order chi connectivity index (χ0) is 25.3. The van der Waals surface area contributed by atoms with Gasteiger partial charge >= 0.3 is 35.8 Å². The van der Waals surface area contributed by atoms with E-state index in [-0.39, 0.29) is 16.8 Å². The third-order valence-electron chi connectivity index (χ3n) is 3.75. The van der Waals surface area contributed by atoms with E-state index >= 15 is 0 Å². The molecule has 0 radical (unpaired) electrons. The smallest absolute Gasteiger partial charge is 0.348 e. The summed E-state index contributed by atoms with van der Waals surface area (Å²) >= 11 is 0. The summed E-state index contributed by atoms with van der Waals surface area (Å²) in [5.74, 6) is -9.90. The fourth-order valence-corrected chi connectivity index (χ4v) is 2.46. The number of ether oxygens (including phenoxy) is 2. The van der Waals surface area contributed by atoms with Gasteiger partial charge in [0.05, 0.1) is 24.8 Å². The summed E-state index contributed by atoms with van der Waals surface area (Å²) in [5.41, 5.74) is -0.375. The molecule has 0 saturated carbocycles. The van der Waals surface area contributed by atoms with Gasteiger partial charge in [-0.25, -0.2) is 14.4 Å². The molecule has 0 bridgehead atoms. The Labute approximate surface area is 184 Å². The van der Waals surface area contributed by atoms with E-state index in [0.717, 1.165) is 12.1 Å². The van der Waals surface area contributed by atoms with E-state index in [1.54, 1.807) is 0 Å². The molecule has 178 valence electrons. The maximum Gasteiger partial charge on any atom is 0.348 e. The van der Waals surface area contributed by atoms with Crippen molar-refractivity contribution in [2.75, 3.05) is 5.32 Å². The van der Waals surface area contributed by atoms with Crippen molar-refractivity contribution in [2.24, 2.45) is 0 Å². The Morgan fingerprint density at radius 1 is 0.848 bits per heavy atom. The summed E-state index contributed by atoms with van der Waals surface area (Å²) in [6, 6.07) is 3.45. The molecule has 0 aliphatic carbocycles. The van der Waals surface area contributed by atoms with Crippen LogP contribution in [0.5, 0.6) is 0 Å². The minimum Gasteiger partial charge on any atom is -0.481 e. The number of rotatable bonds is 12. The van der Waals surface area contributed by atoms with Gasteiger partial charge < -0.3 is 35.2 Å². The number of carboxylic acids is 4. The normalized spacial score (nSPS) is 12.0. The molecule has 1 unspecified atom stereocenters. The van der Waals surface area contributed by atoms with Gasteiger partial charge in [0.25, 0.3) is 0 Å². The fourth-order valence-electron chi connectivity index (χ4n) is 2.46. The Hall–Kier alpha value is -4.49. The minimum absolute atomic E-state index is 0.143. The van der Waals surface area contributed by atoms with Crippen molar-refractivity contribution >= 4 is 47.4 Å². The third kappa shape index (κ3) is 9.04. The standard InChI is InChI=1S/C19H19NO13/c1-8(21)20-10-2-3-11(9(4-10)5-14(22)23)18(30)33-13(7-16(26)27)19(31)32-12(17(28)29)6-15(24)25/h2-4,12-13H,5-7H2,1H3,(H,20,21)(H,22,23)(H,24,25)(H,26,27)(H,28,29)/t12?,13-/m0/s1. The van der Waals surface area contributed by atoms with Crippen molar-refractivity contribution in [1.82, 2.24) is 0 Å². The molecule has 0 fully saturated rings. The number of nitrogens with one attached hydrogen (secondary N) is 1. The van der Waals surface area contributed by atoms with Crippen LogP contribution >= 0.6 is 0 Å². The predicted molar refractivity (Wildman–Crippen MR) is 103 cm³/mol. The van der Waals surface area contributed by atoms with Gasteiger partial charge in [0, 0.05) is 12.6 Å². The molecule has 0 aliphatic heterocycles. The lowest BCUT2D eigenvalue weighted by Gasteiger charge is -2.19. The van der Waals surface area contributed by atoms with E-state index in [0.29, 0.717) is 0 Å². The minimum atomic E-state index is -2.18. The molecular weight excluding hydrogens is 450 g/mol. The number of hydrogen-bond acceptors (Lipinski definition) is 9. The predicted octanol–water partition coefficient (Wildman–Crippen LogP) is -0.257. The maximum absolute atomic E-state index is 12.6. The molecule has 14 nitrogen and oxygen atoms in total. The Kier molecular flexibility index (Phi) is 9.48. The molecule has 33 heavy (non-hydrogen) atoms. The van der Waals surface area contributed by atoms with Crippen LogP contribution in [0.25, 0.3) is 0 Å². The Morgan fingerprint density at radius 3 is 1.91 bits per heavy atom. The van der Waals surface area contributed by atoms with Crippen molar-refractivity contribution in [3.63, 3.8) is 0 Å². The van der Waals surface area contributed by atoms with Gasteiger partial charge in [0.1, 0.15) is 0 Å². The molecule has 0 aliphatic rings. The van der Waals surface area contributed by atoms with Crippen molar-refractivity contribution in [3.05, 3.63) is 29.3 Å². The number of carbonyl (C=O) groups is 7. The SMILES string of the molecule is CC(=O)Nc1ccc(C(=O)O[C@@H](CC(=O)O)C(=O)OC(CC(=O)O)C(=O)O)c(CC(=O)O)c1. The Morgan fingerprint density at radius 2 is 1.42 bits per heavy atom. The molecule has 0 saturated heterocycles. The summed E-state index contributed by atoms with van der Waals surface area (Å²) in [7, 11) is 0. The van der Waals surface area contributed by atoms with Gasteiger partial charge in [0.15, 0.2) is 0 Å².